The van der Waals surface area contributed by atoms with E-state index in [1.54, 1.807) is 6.26 Å². The van der Waals surface area contributed by atoms with E-state index in [9.17, 15) is 0 Å². The van der Waals surface area contributed by atoms with Gasteiger partial charge in [0.1, 0.15) is 6.26 Å². The second-order valence-corrected chi connectivity index (χ2v) is 5.79. The smallest absolute Gasteiger partial charge is 0.191 e. The maximum atomic E-state index is 5.30. The highest BCUT2D eigenvalue weighted by Gasteiger charge is 2.22. The molecular formula is C17H22N2O. The van der Waals surface area contributed by atoms with E-state index in [1.165, 1.54) is 24.0 Å². The van der Waals surface area contributed by atoms with Crippen LogP contribution < -0.4 is 0 Å². The first-order valence-corrected chi connectivity index (χ1v) is 7.41. The van der Waals surface area contributed by atoms with Gasteiger partial charge in [0.05, 0.1) is 5.69 Å². The zero-order valence-electron chi connectivity index (χ0n) is 12.3. The van der Waals surface area contributed by atoms with Crippen LogP contribution in [0, 0.1) is 13.8 Å². The monoisotopic (exact) mass is 270 g/mol. The molecule has 1 aromatic heterocycles. The summed E-state index contributed by atoms with van der Waals surface area (Å²) in [5.74, 6) is 1.41. The molecule has 1 aliphatic rings. The van der Waals surface area contributed by atoms with Gasteiger partial charge in [-0.3, -0.25) is 4.90 Å². The van der Waals surface area contributed by atoms with Gasteiger partial charge in [0.15, 0.2) is 5.89 Å². The van der Waals surface area contributed by atoms with Gasteiger partial charge in [0.2, 0.25) is 0 Å². The Kier molecular flexibility index (Phi) is 3.88. The first kappa shape index (κ1) is 13.4. The second-order valence-electron chi connectivity index (χ2n) is 5.79. The molecule has 1 unspecified atom stereocenters. The molecule has 0 aliphatic carbocycles. The molecule has 2 aromatic rings. The highest BCUT2D eigenvalue weighted by Crippen LogP contribution is 2.29. The lowest BCUT2D eigenvalue weighted by atomic mass is 9.88. The molecular weight excluding hydrogens is 248 g/mol. The van der Waals surface area contributed by atoms with Crippen molar-refractivity contribution in [3.05, 3.63) is 53.2 Å². The number of nitrogens with zero attached hydrogens (tertiary/aromatic N) is 2. The van der Waals surface area contributed by atoms with Crippen LogP contribution in [0.4, 0.5) is 0 Å². The summed E-state index contributed by atoms with van der Waals surface area (Å²) in [5, 5.41) is 0. The summed E-state index contributed by atoms with van der Waals surface area (Å²) in [5.41, 5.74) is 3.97. The van der Waals surface area contributed by atoms with Crippen molar-refractivity contribution >= 4 is 0 Å². The first-order valence-electron chi connectivity index (χ1n) is 7.41. The Morgan fingerprint density at radius 1 is 1.30 bits per heavy atom. The summed E-state index contributed by atoms with van der Waals surface area (Å²) in [6.07, 6.45) is 4.34. The molecule has 2 heterocycles. The maximum absolute atomic E-state index is 5.30. The molecule has 20 heavy (non-hydrogen) atoms. The van der Waals surface area contributed by atoms with E-state index < -0.39 is 0 Å². The molecule has 3 rings (SSSR count). The Balaban J connectivity index is 1.69. The molecule has 3 heteroatoms. The van der Waals surface area contributed by atoms with Gasteiger partial charge in [-0.05, 0) is 43.4 Å². The van der Waals surface area contributed by atoms with Crippen molar-refractivity contribution in [3.63, 3.8) is 0 Å². The largest absolute Gasteiger partial charge is 0.449 e. The Morgan fingerprint density at radius 3 is 2.90 bits per heavy atom. The van der Waals surface area contributed by atoms with Crippen LogP contribution in [0.1, 0.15) is 41.5 Å². The number of benzene rings is 1. The summed E-state index contributed by atoms with van der Waals surface area (Å²) in [7, 11) is 0. The third kappa shape index (κ3) is 2.93. The summed E-state index contributed by atoms with van der Waals surface area (Å²) in [4.78, 5) is 6.91. The molecule has 0 bridgehead atoms. The molecule has 0 N–H and O–H groups in total. The van der Waals surface area contributed by atoms with Crippen molar-refractivity contribution in [1.29, 1.82) is 0 Å². The quantitative estimate of drug-likeness (QED) is 0.852. The number of rotatable bonds is 3. The number of oxazole rings is 1. The third-order valence-electron chi connectivity index (χ3n) is 4.19. The first-order chi connectivity index (χ1) is 9.72. The molecule has 1 aliphatic heterocycles. The molecule has 1 fully saturated rings. The van der Waals surface area contributed by atoms with Gasteiger partial charge in [-0.2, -0.15) is 0 Å². The topological polar surface area (TPSA) is 29.3 Å². The van der Waals surface area contributed by atoms with E-state index >= 15 is 0 Å². The van der Waals surface area contributed by atoms with Gasteiger partial charge >= 0.3 is 0 Å². The van der Waals surface area contributed by atoms with Gasteiger partial charge in [-0.15, -0.1) is 0 Å². The lowest BCUT2D eigenvalue weighted by molar-refractivity contribution is 0.198. The van der Waals surface area contributed by atoms with Crippen molar-refractivity contribution in [2.24, 2.45) is 0 Å². The van der Waals surface area contributed by atoms with E-state index in [0.717, 1.165) is 31.2 Å². The fourth-order valence-electron chi connectivity index (χ4n) is 3.21. The zero-order valence-corrected chi connectivity index (χ0v) is 12.3. The van der Waals surface area contributed by atoms with Crippen LogP contribution in [0.2, 0.25) is 0 Å². The van der Waals surface area contributed by atoms with Crippen LogP contribution in [0.15, 0.2) is 34.9 Å². The number of aryl methyl sites for hydroxylation is 2. The van der Waals surface area contributed by atoms with E-state index in [0.29, 0.717) is 5.92 Å². The number of likely N-dealkylation sites (tertiary alicyclic amines) is 1. The standard InChI is InChI=1S/C17H22N2O/c1-13-6-3-4-8-17(13)15-7-5-9-19(10-15)11-16-12-20-14(2)18-16/h3-4,6,8,12,15H,5,7,9-11H2,1-2H3. The summed E-state index contributed by atoms with van der Waals surface area (Å²) in [6, 6.07) is 8.78. The second kappa shape index (κ2) is 5.80. The summed E-state index contributed by atoms with van der Waals surface area (Å²) in [6.45, 7) is 7.30. The van der Waals surface area contributed by atoms with Crippen molar-refractivity contribution < 1.29 is 4.42 Å². The van der Waals surface area contributed by atoms with Crippen LogP contribution in [-0.4, -0.2) is 23.0 Å². The Labute approximate surface area is 120 Å². The number of hydrogen-bond acceptors (Lipinski definition) is 3. The third-order valence-corrected chi connectivity index (χ3v) is 4.19. The molecule has 1 aromatic carbocycles. The molecule has 0 amide bonds. The zero-order chi connectivity index (χ0) is 13.9. The normalized spacial score (nSPS) is 20.2. The van der Waals surface area contributed by atoms with Crippen LogP contribution in [0.25, 0.3) is 0 Å². The summed E-state index contributed by atoms with van der Waals surface area (Å²) >= 11 is 0. The summed E-state index contributed by atoms with van der Waals surface area (Å²) < 4.78 is 5.30. The predicted octanol–water partition coefficient (Wildman–Crippen LogP) is 3.67. The fourth-order valence-corrected chi connectivity index (χ4v) is 3.21. The van der Waals surface area contributed by atoms with E-state index in [-0.39, 0.29) is 0 Å². The van der Waals surface area contributed by atoms with Crippen molar-refractivity contribution in [2.75, 3.05) is 13.1 Å². The number of aromatic nitrogens is 1. The predicted molar refractivity (Wildman–Crippen MR) is 79.7 cm³/mol. The molecule has 0 saturated carbocycles. The van der Waals surface area contributed by atoms with Crippen molar-refractivity contribution in [1.82, 2.24) is 9.88 Å². The molecule has 1 atom stereocenters. The van der Waals surface area contributed by atoms with Crippen molar-refractivity contribution in [3.8, 4) is 0 Å². The van der Waals surface area contributed by atoms with E-state index in [4.69, 9.17) is 4.42 Å². The van der Waals surface area contributed by atoms with Crippen LogP contribution in [0.3, 0.4) is 0 Å². The minimum Gasteiger partial charge on any atom is -0.449 e. The lowest BCUT2D eigenvalue weighted by Crippen LogP contribution is -2.34. The Morgan fingerprint density at radius 2 is 2.15 bits per heavy atom. The fraction of sp³-hybridized carbons (Fsp3) is 0.471. The molecule has 0 radical (unpaired) electrons. The molecule has 106 valence electrons. The van der Waals surface area contributed by atoms with Gasteiger partial charge in [0.25, 0.3) is 0 Å². The van der Waals surface area contributed by atoms with Crippen molar-refractivity contribution in [2.45, 2.75) is 39.2 Å². The molecule has 1 saturated heterocycles. The minimum atomic E-state index is 0.651. The highest BCUT2D eigenvalue weighted by molar-refractivity contribution is 5.29. The number of hydrogen-bond donors (Lipinski definition) is 0. The Hall–Kier alpha value is -1.61. The lowest BCUT2D eigenvalue weighted by Gasteiger charge is -2.33. The van der Waals surface area contributed by atoms with Gasteiger partial charge in [-0.1, -0.05) is 24.3 Å². The minimum absolute atomic E-state index is 0.651. The average molecular weight is 270 g/mol. The van der Waals surface area contributed by atoms with E-state index in [2.05, 4.69) is 41.1 Å². The number of piperidine rings is 1. The van der Waals surface area contributed by atoms with Gasteiger partial charge < -0.3 is 4.42 Å². The van der Waals surface area contributed by atoms with Crippen LogP contribution in [-0.2, 0) is 6.54 Å². The highest BCUT2D eigenvalue weighted by atomic mass is 16.3. The molecule has 0 spiro atoms. The maximum Gasteiger partial charge on any atom is 0.191 e. The SMILES string of the molecule is Cc1nc(CN2CCCC(c3ccccc3C)C2)co1. The van der Waals surface area contributed by atoms with Gasteiger partial charge in [-0.25, -0.2) is 4.98 Å². The van der Waals surface area contributed by atoms with Crippen LogP contribution in [0.5, 0.6) is 0 Å². The Bertz CT molecular complexity index is 576. The molecule has 3 nitrogen and oxygen atoms in total. The van der Waals surface area contributed by atoms with Gasteiger partial charge in [0, 0.05) is 20.0 Å². The van der Waals surface area contributed by atoms with Crippen LogP contribution >= 0.6 is 0 Å². The van der Waals surface area contributed by atoms with E-state index in [1.807, 2.05) is 6.92 Å². The average Bonchev–Trinajstić information content (AvgIpc) is 2.85.